The lowest BCUT2D eigenvalue weighted by atomic mass is 9.62. The second kappa shape index (κ2) is 11.3. The van der Waals surface area contributed by atoms with E-state index >= 15 is 8.78 Å². The van der Waals surface area contributed by atoms with Crippen LogP contribution in [0, 0.1) is 28.4 Å². The second-order valence-corrected chi connectivity index (χ2v) is 12.0. The highest BCUT2D eigenvalue weighted by atomic mass is 35.5. The van der Waals surface area contributed by atoms with Crippen molar-refractivity contribution in [2.24, 2.45) is 5.41 Å². The van der Waals surface area contributed by atoms with Crippen molar-refractivity contribution in [3.63, 3.8) is 0 Å². The van der Waals surface area contributed by atoms with E-state index in [1.807, 2.05) is 20.8 Å². The summed E-state index contributed by atoms with van der Waals surface area (Å²) in [6, 6.07) is 14.6. The molecule has 0 saturated carbocycles. The van der Waals surface area contributed by atoms with Crippen molar-refractivity contribution < 1.29 is 18.4 Å². The van der Waals surface area contributed by atoms with E-state index in [9.17, 15) is 14.9 Å². The van der Waals surface area contributed by atoms with Gasteiger partial charge in [0.05, 0.1) is 17.1 Å². The van der Waals surface area contributed by atoms with Gasteiger partial charge in [0.25, 0.3) is 0 Å². The van der Waals surface area contributed by atoms with Gasteiger partial charge in [0.15, 0.2) is 7.85 Å². The molecule has 0 spiro atoms. The number of carbonyl (C=O) groups excluding carboxylic acids is 2. The van der Waals surface area contributed by atoms with E-state index < -0.39 is 46.6 Å². The molecule has 4 atom stereocenters. The van der Waals surface area contributed by atoms with E-state index in [0.29, 0.717) is 12.1 Å². The molecule has 1 amide bonds. The van der Waals surface area contributed by atoms with Gasteiger partial charge in [0.1, 0.15) is 22.7 Å². The lowest BCUT2D eigenvalue weighted by molar-refractivity contribution is -0.118. The maximum atomic E-state index is 15.7. The minimum atomic E-state index is -1.73. The van der Waals surface area contributed by atoms with Crippen LogP contribution in [0.5, 0.6) is 0 Å². The van der Waals surface area contributed by atoms with E-state index in [0.717, 1.165) is 6.07 Å². The maximum absolute atomic E-state index is 15.7. The summed E-state index contributed by atoms with van der Waals surface area (Å²) in [5.41, 5.74) is -2.13. The van der Waals surface area contributed by atoms with E-state index in [-0.39, 0.29) is 32.2 Å². The molecule has 3 aromatic rings. The fourth-order valence-corrected chi connectivity index (χ4v) is 5.84. The Balaban J connectivity index is 1.92. The summed E-state index contributed by atoms with van der Waals surface area (Å²) < 4.78 is 31.4. The normalized spacial score (nSPS) is 22.5. The van der Waals surface area contributed by atoms with Crippen molar-refractivity contribution in [3.8, 4) is 6.07 Å². The molecular weight excluding hydrogens is 554 g/mol. The number of rotatable bonds is 6. The van der Waals surface area contributed by atoms with Gasteiger partial charge in [-0.25, -0.2) is 8.78 Å². The summed E-state index contributed by atoms with van der Waals surface area (Å²) in [5.74, 6) is -3.32. The Bertz CT molecular complexity index is 1500. The largest absolute Gasteiger partial charge is 0.325 e. The fraction of sp³-hybridized carbons (Fsp3) is 0.300. The highest BCUT2D eigenvalue weighted by Gasteiger charge is 2.61. The number of carbonyl (C=O) groups is 2. The lowest BCUT2D eigenvalue weighted by Crippen LogP contribution is -2.45. The summed E-state index contributed by atoms with van der Waals surface area (Å²) in [7, 11) is 5.31. The van der Waals surface area contributed by atoms with Gasteiger partial charge in [0.2, 0.25) is 5.91 Å². The second-order valence-electron chi connectivity index (χ2n) is 11.1. The number of benzene rings is 3. The summed E-state index contributed by atoms with van der Waals surface area (Å²) in [5, 5.41) is 16.8. The van der Waals surface area contributed by atoms with Crippen LogP contribution in [0.4, 0.5) is 14.5 Å². The van der Waals surface area contributed by atoms with Crippen molar-refractivity contribution in [1.82, 2.24) is 5.32 Å². The average Bonchev–Trinajstić information content (AvgIpc) is 3.19. The van der Waals surface area contributed by atoms with Gasteiger partial charge >= 0.3 is 0 Å². The van der Waals surface area contributed by atoms with Crippen LogP contribution < -0.4 is 10.6 Å². The lowest BCUT2D eigenvalue weighted by Gasteiger charge is -2.37. The van der Waals surface area contributed by atoms with E-state index in [1.165, 1.54) is 54.6 Å². The first kappa shape index (κ1) is 29.7. The molecule has 3 aromatic carbocycles. The molecule has 2 radical (unpaired) electrons. The molecule has 5 nitrogen and oxygen atoms in total. The SMILES string of the molecule is [B]C(=O)c1ccc(NC(=O)[C@@H]2N[C@@H](CC(C)(C)C)[C@](C#N)(c3ccc(Cl)cc3F)[C@H]2c2cccc(Cl)c2F)cc1. The Labute approximate surface area is 243 Å². The van der Waals surface area contributed by atoms with Crippen LogP contribution in [-0.2, 0) is 10.2 Å². The minimum Gasteiger partial charge on any atom is -0.325 e. The number of halogens is 4. The molecule has 1 fully saturated rings. The monoisotopic (exact) mass is 579 g/mol. The van der Waals surface area contributed by atoms with Crippen LogP contribution >= 0.6 is 23.2 Å². The Hall–Kier alpha value is -3.25. The van der Waals surface area contributed by atoms with Crippen LogP contribution in [-0.4, -0.2) is 31.5 Å². The van der Waals surface area contributed by atoms with Gasteiger partial charge < -0.3 is 15.4 Å². The van der Waals surface area contributed by atoms with Crippen molar-refractivity contribution in [2.45, 2.75) is 50.6 Å². The zero-order valence-corrected chi connectivity index (χ0v) is 23.6. The van der Waals surface area contributed by atoms with Crippen LogP contribution in [0.3, 0.4) is 0 Å². The van der Waals surface area contributed by atoms with Gasteiger partial charge in [-0.1, -0.05) is 74.3 Å². The molecule has 0 bridgehead atoms. The molecule has 1 aliphatic heterocycles. The van der Waals surface area contributed by atoms with Gasteiger partial charge in [-0.3, -0.25) is 4.79 Å². The van der Waals surface area contributed by atoms with Crippen molar-refractivity contribution in [3.05, 3.63) is 99.0 Å². The number of nitriles is 1. The molecule has 0 unspecified atom stereocenters. The van der Waals surface area contributed by atoms with Crippen LogP contribution in [0.1, 0.15) is 54.6 Å². The summed E-state index contributed by atoms with van der Waals surface area (Å²) in [6.45, 7) is 5.87. The molecule has 10 heteroatoms. The first-order valence-corrected chi connectivity index (χ1v) is 13.3. The summed E-state index contributed by atoms with van der Waals surface area (Å²) >= 11 is 12.2. The van der Waals surface area contributed by atoms with E-state index in [1.54, 1.807) is 0 Å². The maximum Gasteiger partial charge on any atom is 0.242 e. The highest BCUT2D eigenvalue weighted by molar-refractivity contribution is 6.62. The van der Waals surface area contributed by atoms with E-state index in [4.69, 9.17) is 31.0 Å². The smallest absolute Gasteiger partial charge is 0.242 e. The molecular formula is C30H26BCl2F2N3O2. The zero-order valence-electron chi connectivity index (χ0n) is 22.1. The van der Waals surface area contributed by atoms with Crippen LogP contribution in [0.25, 0.3) is 0 Å². The predicted octanol–water partition coefficient (Wildman–Crippen LogP) is 6.54. The Morgan fingerprint density at radius 3 is 2.35 bits per heavy atom. The summed E-state index contributed by atoms with van der Waals surface area (Å²) in [6.07, 6.45) is 0.346. The first-order chi connectivity index (χ1) is 18.8. The summed E-state index contributed by atoms with van der Waals surface area (Å²) in [4.78, 5) is 25.3. The molecule has 2 N–H and O–H groups in total. The minimum absolute atomic E-state index is 0.00321. The van der Waals surface area contributed by atoms with Crippen molar-refractivity contribution in [1.29, 1.82) is 5.26 Å². The number of anilines is 1. The third-order valence-electron chi connectivity index (χ3n) is 7.17. The average molecular weight is 580 g/mol. The Morgan fingerprint density at radius 2 is 1.77 bits per heavy atom. The van der Waals surface area contributed by atoms with Crippen LogP contribution in [0.15, 0.2) is 60.7 Å². The van der Waals surface area contributed by atoms with Crippen molar-refractivity contribution in [2.75, 3.05) is 5.32 Å². The molecule has 0 aromatic heterocycles. The third-order valence-corrected chi connectivity index (χ3v) is 7.70. The molecule has 1 saturated heterocycles. The number of hydrogen-bond acceptors (Lipinski definition) is 4. The molecule has 0 aliphatic carbocycles. The quantitative estimate of drug-likeness (QED) is 0.325. The van der Waals surface area contributed by atoms with Gasteiger partial charge in [0, 0.05) is 33.8 Å². The molecule has 1 aliphatic rings. The third kappa shape index (κ3) is 5.65. The fourth-order valence-electron chi connectivity index (χ4n) is 5.49. The standard InChI is InChI=1S/C30H26BCl2F2N3O2/c1-29(2,3)14-23-30(15-36,20-12-9-17(32)13-22(20)34)24(19-5-4-6-21(33)25(19)35)26(38-23)28(40)37-18-10-7-16(8-11-18)27(31)39/h4-13,23-24,26,38H,14H2,1-3H3,(H,37,40)/t23-,24-,26+,30-/m0/s1. The zero-order chi connectivity index (χ0) is 29.4. The van der Waals surface area contributed by atoms with E-state index in [2.05, 4.69) is 16.7 Å². The molecule has 204 valence electrons. The predicted molar refractivity (Wildman–Crippen MR) is 153 cm³/mol. The Kier molecular flexibility index (Phi) is 8.42. The van der Waals surface area contributed by atoms with Gasteiger partial charge in [-0.15, -0.1) is 0 Å². The number of amides is 1. The molecule has 40 heavy (non-hydrogen) atoms. The van der Waals surface area contributed by atoms with Gasteiger partial charge in [-0.05, 0) is 47.7 Å². The Morgan fingerprint density at radius 1 is 1.10 bits per heavy atom. The van der Waals surface area contributed by atoms with Gasteiger partial charge in [-0.2, -0.15) is 5.26 Å². The van der Waals surface area contributed by atoms with Crippen LogP contribution in [0.2, 0.25) is 10.0 Å². The van der Waals surface area contributed by atoms with Crippen molar-refractivity contribution >= 4 is 48.3 Å². The molecule has 1 heterocycles. The number of nitrogens with one attached hydrogen (secondary N) is 2. The topological polar surface area (TPSA) is 82.0 Å². The first-order valence-electron chi connectivity index (χ1n) is 12.6. The highest BCUT2D eigenvalue weighted by Crippen LogP contribution is 2.52. The number of nitrogens with zero attached hydrogens (tertiary/aromatic N) is 1. The number of hydrogen-bond donors (Lipinski definition) is 2. The molecule has 4 rings (SSSR count).